The maximum Gasteiger partial charge on any atom is 0.296 e. The molecular formula is C38H70O5SSi2. The van der Waals surface area contributed by atoms with Gasteiger partial charge in [-0.05, 0) is 137 Å². The molecule has 2 saturated carbocycles. The van der Waals surface area contributed by atoms with E-state index in [1.54, 1.807) is 12.1 Å². The van der Waals surface area contributed by atoms with Crippen LogP contribution in [0.1, 0.15) is 120 Å². The molecule has 0 saturated heterocycles. The number of hydrogen-bond acceptors (Lipinski definition) is 5. The first-order chi connectivity index (χ1) is 21.6. The Hall–Kier alpha value is -0.516. The topological polar surface area (TPSA) is 61.8 Å². The third-order valence-corrected chi connectivity index (χ3v) is 24.0. The molecule has 0 N–H and O–H groups in total. The van der Waals surface area contributed by atoms with E-state index in [0.717, 1.165) is 36.5 Å². The second-order valence-electron chi connectivity index (χ2n) is 15.9. The van der Waals surface area contributed by atoms with Gasteiger partial charge in [0.25, 0.3) is 10.1 Å². The van der Waals surface area contributed by atoms with Gasteiger partial charge in [-0.3, -0.25) is 4.18 Å². The first-order valence-electron chi connectivity index (χ1n) is 18.9. The molecule has 6 atom stereocenters. The standard InChI is InChI=1S/C38H70O5SSi2/c1-12-45(13-2,14-3)42-36-19-18-27-38(11)34(24-25-35(36)38)31(8)32(26-28-37(9,10)43-46(15-4,16-5)17-6)29-41-44(39,40)33-22-20-30(7)21-23-33/h20-23,31-32,34-36H,12-19,24-29H2,1-11H3/t31-,32?,34?,35?,36+,38-/m1/s1. The molecule has 0 radical (unpaired) electrons. The van der Waals surface area contributed by atoms with Crippen molar-refractivity contribution in [3.63, 3.8) is 0 Å². The molecule has 0 amide bonds. The highest BCUT2D eigenvalue weighted by Gasteiger charge is 2.55. The summed E-state index contributed by atoms with van der Waals surface area (Å²) in [5.74, 6) is 1.59. The Bertz CT molecular complexity index is 1160. The molecule has 0 aliphatic heterocycles. The zero-order chi connectivity index (χ0) is 34.4. The summed E-state index contributed by atoms with van der Waals surface area (Å²) in [7, 11) is -7.32. The highest BCUT2D eigenvalue weighted by molar-refractivity contribution is 7.86. The smallest absolute Gasteiger partial charge is 0.296 e. The number of hydrogen-bond donors (Lipinski definition) is 0. The van der Waals surface area contributed by atoms with Crippen LogP contribution in [0, 0.1) is 36.0 Å². The van der Waals surface area contributed by atoms with E-state index in [1.165, 1.54) is 50.2 Å². The van der Waals surface area contributed by atoms with Crippen LogP contribution in [0.15, 0.2) is 29.2 Å². The summed E-state index contributed by atoms with van der Waals surface area (Å²) in [6.07, 6.45) is 8.26. The maximum absolute atomic E-state index is 13.4. The molecule has 0 aromatic heterocycles. The first kappa shape index (κ1) is 39.9. The zero-order valence-corrected chi connectivity index (χ0v) is 34.4. The lowest BCUT2D eigenvalue weighted by Gasteiger charge is -2.49. The lowest BCUT2D eigenvalue weighted by molar-refractivity contribution is -0.0308. The molecule has 5 nitrogen and oxygen atoms in total. The van der Waals surface area contributed by atoms with Crippen LogP contribution >= 0.6 is 0 Å². The highest BCUT2D eigenvalue weighted by Crippen LogP contribution is 2.60. The minimum Gasteiger partial charge on any atom is -0.414 e. The largest absolute Gasteiger partial charge is 0.414 e. The SMILES string of the molecule is CC[Si](CC)(CC)O[C@H]1CCC[C@]2(C)C([C@H](C)C(CCC(C)(C)O[Si](CC)(CC)CC)COS(=O)(=O)c3ccc(C)cc3)CCC12. The summed E-state index contributed by atoms with van der Waals surface area (Å²) >= 11 is 0. The summed E-state index contributed by atoms with van der Waals surface area (Å²) < 4.78 is 47.0. The third kappa shape index (κ3) is 9.18. The van der Waals surface area contributed by atoms with Crippen LogP contribution in [-0.4, -0.2) is 43.4 Å². The van der Waals surface area contributed by atoms with Crippen LogP contribution in [0.25, 0.3) is 0 Å². The molecule has 266 valence electrons. The van der Waals surface area contributed by atoms with Gasteiger partial charge in [-0.15, -0.1) is 0 Å². The Labute approximate surface area is 286 Å². The van der Waals surface area contributed by atoms with Crippen molar-refractivity contribution < 1.29 is 21.5 Å². The van der Waals surface area contributed by atoms with Crippen molar-refractivity contribution >= 4 is 26.8 Å². The van der Waals surface area contributed by atoms with Crippen molar-refractivity contribution in [2.45, 2.75) is 174 Å². The average Bonchev–Trinajstić information content (AvgIpc) is 3.40. The van der Waals surface area contributed by atoms with E-state index in [2.05, 4.69) is 69.2 Å². The van der Waals surface area contributed by atoms with Gasteiger partial charge >= 0.3 is 0 Å². The van der Waals surface area contributed by atoms with E-state index in [4.69, 9.17) is 13.0 Å². The molecule has 2 fully saturated rings. The summed E-state index contributed by atoms with van der Waals surface area (Å²) in [6.45, 7) is 25.5. The summed E-state index contributed by atoms with van der Waals surface area (Å²) in [4.78, 5) is 0.244. The molecule has 3 unspecified atom stereocenters. The minimum absolute atomic E-state index is 0.126. The van der Waals surface area contributed by atoms with Crippen molar-refractivity contribution in [2.24, 2.45) is 29.1 Å². The van der Waals surface area contributed by atoms with Crippen LogP contribution in [0.5, 0.6) is 0 Å². The maximum atomic E-state index is 13.4. The summed E-state index contributed by atoms with van der Waals surface area (Å²) in [5, 5.41) is 0. The molecule has 2 aliphatic carbocycles. The zero-order valence-electron chi connectivity index (χ0n) is 31.5. The summed E-state index contributed by atoms with van der Waals surface area (Å²) in [6, 6.07) is 14.0. The van der Waals surface area contributed by atoms with Crippen LogP contribution in [0.3, 0.4) is 0 Å². The van der Waals surface area contributed by atoms with Gasteiger partial charge in [0.1, 0.15) is 0 Å². The number of fused-ring (bicyclic) bond motifs is 1. The Balaban J connectivity index is 1.86. The molecule has 8 heteroatoms. The first-order valence-corrected chi connectivity index (χ1v) is 25.4. The lowest BCUT2D eigenvalue weighted by Crippen LogP contribution is -2.49. The fourth-order valence-electron chi connectivity index (χ4n) is 9.40. The van der Waals surface area contributed by atoms with Crippen LogP contribution in [0.4, 0.5) is 0 Å². The van der Waals surface area contributed by atoms with Gasteiger partial charge < -0.3 is 8.85 Å². The number of aryl methyl sites for hydroxylation is 1. The summed E-state index contributed by atoms with van der Waals surface area (Å²) in [5.41, 5.74) is 1.00. The molecule has 2 aliphatic rings. The molecule has 3 rings (SSSR count). The number of rotatable bonds is 19. The van der Waals surface area contributed by atoms with Crippen molar-refractivity contribution in [3.8, 4) is 0 Å². The quantitative estimate of drug-likeness (QED) is 0.107. The van der Waals surface area contributed by atoms with Gasteiger partial charge in [0.2, 0.25) is 0 Å². The third-order valence-electron chi connectivity index (χ3n) is 13.1. The molecular weight excluding hydrogens is 625 g/mol. The van der Waals surface area contributed by atoms with Crippen LogP contribution in [-0.2, 0) is 23.2 Å². The van der Waals surface area contributed by atoms with Gasteiger partial charge in [-0.25, -0.2) is 0 Å². The molecule has 0 heterocycles. The van der Waals surface area contributed by atoms with Crippen molar-refractivity contribution in [1.82, 2.24) is 0 Å². The van der Waals surface area contributed by atoms with E-state index in [-0.39, 0.29) is 28.4 Å². The minimum atomic E-state index is -3.84. The Kier molecular flexibility index (Phi) is 14.3. The number of benzene rings is 1. The Morgan fingerprint density at radius 3 is 2.00 bits per heavy atom. The molecule has 1 aromatic carbocycles. The van der Waals surface area contributed by atoms with Gasteiger partial charge in [0, 0.05) is 6.10 Å². The van der Waals surface area contributed by atoms with Gasteiger partial charge in [-0.2, -0.15) is 8.42 Å². The monoisotopic (exact) mass is 694 g/mol. The van der Waals surface area contributed by atoms with Gasteiger partial charge in [0.15, 0.2) is 16.6 Å². The second kappa shape index (κ2) is 16.5. The fourth-order valence-corrected chi connectivity index (χ4v) is 16.5. The molecule has 46 heavy (non-hydrogen) atoms. The van der Waals surface area contributed by atoms with Crippen LogP contribution < -0.4 is 0 Å². The van der Waals surface area contributed by atoms with E-state index >= 15 is 0 Å². The highest BCUT2D eigenvalue weighted by atomic mass is 32.2. The normalized spacial score (nSPS) is 25.8. The second-order valence-corrected chi connectivity index (χ2v) is 26.9. The molecule has 1 aromatic rings. The van der Waals surface area contributed by atoms with E-state index in [1.807, 2.05) is 19.1 Å². The lowest BCUT2D eigenvalue weighted by atomic mass is 9.60. The van der Waals surface area contributed by atoms with Crippen molar-refractivity contribution in [2.75, 3.05) is 6.61 Å². The fraction of sp³-hybridized carbons (Fsp3) is 0.842. The average molecular weight is 695 g/mol. The van der Waals surface area contributed by atoms with E-state index in [0.29, 0.717) is 23.9 Å². The van der Waals surface area contributed by atoms with Crippen molar-refractivity contribution in [1.29, 1.82) is 0 Å². The van der Waals surface area contributed by atoms with Gasteiger partial charge in [-0.1, -0.05) is 79.5 Å². The van der Waals surface area contributed by atoms with Crippen LogP contribution in [0.2, 0.25) is 36.3 Å². The van der Waals surface area contributed by atoms with E-state index in [9.17, 15) is 8.42 Å². The predicted octanol–water partition coefficient (Wildman–Crippen LogP) is 11.1. The Morgan fingerprint density at radius 1 is 0.891 bits per heavy atom. The van der Waals surface area contributed by atoms with Crippen molar-refractivity contribution in [3.05, 3.63) is 29.8 Å². The molecule has 0 spiro atoms. The predicted molar refractivity (Wildman–Crippen MR) is 199 cm³/mol. The van der Waals surface area contributed by atoms with Gasteiger partial charge in [0.05, 0.1) is 17.1 Å². The molecule has 0 bridgehead atoms. The Morgan fingerprint density at radius 2 is 1.46 bits per heavy atom. The van der Waals surface area contributed by atoms with E-state index < -0.39 is 26.8 Å².